The van der Waals surface area contributed by atoms with Crippen LogP contribution in [-0.2, 0) is 0 Å². The van der Waals surface area contributed by atoms with Crippen molar-refractivity contribution in [1.29, 1.82) is 0 Å². The molecule has 0 radical (unpaired) electrons. The molecule has 4 heteroatoms. The quantitative estimate of drug-likeness (QED) is 0.522. The summed E-state index contributed by atoms with van der Waals surface area (Å²) < 4.78 is 0.0542. The molecule has 0 fully saturated rings. The summed E-state index contributed by atoms with van der Waals surface area (Å²) in [6.07, 6.45) is 0. The van der Waals surface area contributed by atoms with Gasteiger partial charge in [0.05, 0.1) is 0 Å². The maximum absolute atomic E-state index is 5.49. The molecular formula is C3H4Cl2I2. The van der Waals surface area contributed by atoms with Crippen LogP contribution in [0.5, 0.6) is 0 Å². The van der Waals surface area contributed by atoms with E-state index < -0.39 is 0 Å². The van der Waals surface area contributed by atoms with Gasteiger partial charge in [0.25, 0.3) is 0 Å². The molecule has 0 aromatic heterocycles. The molecule has 0 heterocycles. The van der Waals surface area contributed by atoms with Gasteiger partial charge >= 0.3 is 0 Å². The molecule has 0 saturated heterocycles. The van der Waals surface area contributed by atoms with E-state index in [4.69, 9.17) is 23.2 Å². The van der Waals surface area contributed by atoms with Gasteiger partial charge < -0.3 is 0 Å². The summed E-state index contributed by atoms with van der Waals surface area (Å²) in [4.78, 5) is 0. The lowest BCUT2D eigenvalue weighted by molar-refractivity contribution is 1.14. The molecule has 0 aromatic rings. The van der Waals surface area contributed by atoms with Crippen molar-refractivity contribution in [2.24, 2.45) is 0 Å². The Balaban J connectivity index is 3.36. The maximum Gasteiger partial charge on any atom is 0.100 e. The highest BCUT2D eigenvalue weighted by Gasteiger charge is 2.18. The van der Waals surface area contributed by atoms with Crippen molar-refractivity contribution >= 4 is 68.4 Å². The molecule has 0 N–H and O–H groups in total. The zero-order valence-electron chi connectivity index (χ0n) is 3.43. The van der Waals surface area contributed by atoms with Crippen LogP contribution in [0.3, 0.4) is 0 Å². The van der Waals surface area contributed by atoms with Crippen LogP contribution in [0.25, 0.3) is 0 Å². The molecule has 0 aliphatic rings. The molecule has 0 rings (SSSR count). The third-order valence-electron chi connectivity index (χ3n) is 0.391. The number of alkyl halides is 4. The summed E-state index contributed by atoms with van der Waals surface area (Å²) in [7, 11) is 0. The topological polar surface area (TPSA) is 0 Å². The number of halogens is 4. The van der Waals surface area contributed by atoms with Crippen LogP contribution < -0.4 is 0 Å². The lowest BCUT2D eigenvalue weighted by Gasteiger charge is -2.10. The molecule has 0 aliphatic carbocycles. The first-order valence-electron chi connectivity index (χ1n) is 1.62. The highest BCUT2D eigenvalue weighted by atomic mass is 127. The third kappa shape index (κ3) is 4.54. The van der Waals surface area contributed by atoms with E-state index in [1.165, 1.54) is 0 Å². The van der Waals surface area contributed by atoms with Gasteiger partial charge in [0.1, 0.15) is 1.43 Å². The first kappa shape index (κ1) is 9.04. The SMILES string of the molecule is ClCC(I)(I)CCl. The number of rotatable bonds is 2. The molecular weight excluding hydrogens is 361 g/mol. The molecule has 44 valence electrons. The highest BCUT2D eigenvalue weighted by molar-refractivity contribution is 14.2. The van der Waals surface area contributed by atoms with Crippen molar-refractivity contribution in [2.75, 3.05) is 11.8 Å². The van der Waals surface area contributed by atoms with Crippen LogP contribution in [0.15, 0.2) is 0 Å². The molecule has 0 atom stereocenters. The zero-order valence-corrected chi connectivity index (χ0v) is 9.25. The molecule has 0 amide bonds. The van der Waals surface area contributed by atoms with Crippen molar-refractivity contribution in [2.45, 2.75) is 1.43 Å². The van der Waals surface area contributed by atoms with E-state index in [0.29, 0.717) is 11.8 Å². The average molecular weight is 365 g/mol. The first-order chi connectivity index (χ1) is 3.12. The van der Waals surface area contributed by atoms with Crippen molar-refractivity contribution in [3.05, 3.63) is 0 Å². The van der Waals surface area contributed by atoms with E-state index >= 15 is 0 Å². The minimum atomic E-state index is 0.0542. The average Bonchev–Trinajstić information content (AvgIpc) is 1.68. The van der Waals surface area contributed by atoms with Crippen LogP contribution in [0, 0.1) is 0 Å². The van der Waals surface area contributed by atoms with Gasteiger partial charge in [0.2, 0.25) is 0 Å². The van der Waals surface area contributed by atoms with E-state index in [1.807, 2.05) is 0 Å². The van der Waals surface area contributed by atoms with Gasteiger partial charge in [-0.1, -0.05) is 45.2 Å². The van der Waals surface area contributed by atoms with E-state index in [9.17, 15) is 0 Å². The third-order valence-corrected chi connectivity index (χ3v) is 4.63. The second-order valence-corrected chi connectivity index (χ2v) is 7.85. The van der Waals surface area contributed by atoms with Gasteiger partial charge in [-0.15, -0.1) is 23.2 Å². The Morgan fingerprint density at radius 1 is 1.14 bits per heavy atom. The van der Waals surface area contributed by atoms with Crippen molar-refractivity contribution in [3.63, 3.8) is 0 Å². The van der Waals surface area contributed by atoms with Gasteiger partial charge in [-0.05, 0) is 0 Å². The molecule has 0 aliphatic heterocycles. The first-order valence-corrected chi connectivity index (χ1v) is 4.85. The number of hydrogen-bond donors (Lipinski definition) is 0. The summed E-state index contributed by atoms with van der Waals surface area (Å²) in [5.41, 5.74) is 0. The van der Waals surface area contributed by atoms with E-state index in [-0.39, 0.29) is 1.43 Å². The predicted octanol–water partition coefficient (Wildman–Crippen LogP) is 3.03. The molecule has 0 bridgehead atoms. The predicted molar refractivity (Wildman–Crippen MR) is 52.2 cm³/mol. The lowest BCUT2D eigenvalue weighted by Crippen LogP contribution is -2.13. The summed E-state index contributed by atoms with van der Waals surface area (Å²) in [5.74, 6) is 1.22. The fourth-order valence-corrected chi connectivity index (χ4v) is 0.321. The Morgan fingerprint density at radius 3 is 1.43 bits per heavy atom. The Morgan fingerprint density at radius 2 is 1.43 bits per heavy atom. The monoisotopic (exact) mass is 364 g/mol. The van der Waals surface area contributed by atoms with Crippen LogP contribution in [-0.4, -0.2) is 13.2 Å². The molecule has 0 saturated carbocycles. The molecule has 0 spiro atoms. The van der Waals surface area contributed by atoms with Gasteiger partial charge in [-0.2, -0.15) is 0 Å². The minimum absolute atomic E-state index is 0.0542. The molecule has 0 nitrogen and oxygen atoms in total. The Labute approximate surface area is 80.6 Å². The lowest BCUT2D eigenvalue weighted by atomic mass is 10.6. The number of hydrogen-bond acceptors (Lipinski definition) is 0. The fourth-order valence-electron chi connectivity index (χ4n) is 0.0357. The Kier molecular flexibility index (Phi) is 5.11. The van der Waals surface area contributed by atoms with Crippen molar-refractivity contribution in [3.8, 4) is 0 Å². The Hall–Kier alpha value is 2.04. The second-order valence-electron chi connectivity index (χ2n) is 1.12. The van der Waals surface area contributed by atoms with Crippen LogP contribution >= 0.6 is 68.4 Å². The zero-order chi connectivity index (χ0) is 5.91. The van der Waals surface area contributed by atoms with Crippen LogP contribution in [0.2, 0.25) is 0 Å². The summed E-state index contributed by atoms with van der Waals surface area (Å²) in [6.45, 7) is 0. The fraction of sp³-hybridized carbons (Fsp3) is 1.00. The molecule has 0 aromatic carbocycles. The van der Waals surface area contributed by atoms with Gasteiger partial charge in [-0.3, -0.25) is 0 Å². The highest BCUT2D eigenvalue weighted by Crippen LogP contribution is 2.29. The maximum atomic E-state index is 5.49. The van der Waals surface area contributed by atoms with Crippen molar-refractivity contribution in [1.82, 2.24) is 0 Å². The van der Waals surface area contributed by atoms with Gasteiger partial charge in [0, 0.05) is 11.8 Å². The van der Waals surface area contributed by atoms with Crippen LogP contribution in [0.4, 0.5) is 0 Å². The van der Waals surface area contributed by atoms with E-state index in [2.05, 4.69) is 45.2 Å². The minimum Gasteiger partial charge on any atom is -0.124 e. The summed E-state index contributed by atoms with van der Waals surface area (Å²) >= 11 is 15.4. The Bertz CT molecular complexity index is 48.9. The van der Waals surface area contributed by atoms with E-state index in [1.54, 1.807) is 0 Å². The van der Waals surface area contributed by atoms with Gasteiger partial charge in [-0.25, -0.2) is 0 Å². The molecule has 7 heavy (non-hydrogen) atoms. The van der Waals surface area contributed by atoms with Gasteiger partial charge in [0.15, 0.2) is 0 Å². The van der Waals surface area contributed by atoms with Crippen molar-refractivity contribution < 1.29 is 0 Å². The molecule has 0 unspecified atom stereocenters. The smallest absolute Gasteiger partial charge is 0.100 e. The summed E-state index contributed by atoms with van der Waals surface area (Å²) in [6, 6.07) is 0. The normalized spacial score (nSPS) is 12.0. The standard InChI is InChI=1S/C3H4Cl2I2/c4-1-3(6,7)2-5/h1-2H2. The largest absolute Gasteiger partial charge is 0.124 e. The summed E-state index contributed by atoms with van der Waals surface area (Å²) in [5, 5.41) is 0. The van der Waals surface area contributed by atoms with Crippen LogP contribution in [0.1, 0.15) is 0 Å². The second kappa shape index (κ2) is 3.95. The van der Waals surface area contributed by atoms with E-state index in [0.717, 1.165) is 0 Å².